The van der Waals surface area contributed by atoms with E-state index in [1.807, 2.05) is 24.3 Å². The van der Waals surface area contributed by atoms with Crippen molar-refractivity contribution in [1.29, 1.82) is 0 Å². The number of nitrogens with two attached hydrogens (primary N) is 1. The van der Waals surface area contributed by atoms with Gasteiger partial charge in [-0.05, 0) is 17.7 Å². The SMILES string of the molecule is CC(CNCc1ccc(Cl)cc1)C(N)=O. The molecule has 0 saturated carbocycles. The lowest BCUT2D eigenvalue weighted by atomic mass is 10.1. The Bertz CT molecular complexity index is 324. The molecule has 1 aromatic carbocycles. The first-order valence-corrected chi connectivity index (χ1v) is 5.22. The van der Waals surface area contributed by atoms with Gasteiger partial charge >= 0.3 is 0 Å². The number of carbonyl (C=O) groups excluding carboxylic acids is 1. The summed E-state index contributed by atoms with van der Waals surface area (Å²) < 4.78 is 0. The second-order valence-electron chi connectivity index (χ2n) is 3.56. The Morgan fingerprint density at radius 2 is 2.07 bits per heavy atom. The molecular formula is C11H15ClN2O. The van der Waals surface area contributed by atoms with Gasteiger partial charge in [0.25, 0.3) is 0 Å². The monoisotopic (exact) mass is 226 g/mol. The van der Waals surface area contributed by atoms with Gasteiger partial charge in [0.2, 0.25) is 5.91 Å². The number of hydrogen-bond acceptors (Lipinski definition) is 2. The highest BCUT2D eigenvalue weighted by Crippen LogP contribution is 2.09. The number of rotatable bonds is 5. The Hall–Kier alpha value is -1.06. The zero-order valence-electron chi connectivity index (χ0n) is 8.66. The number of halogens is 1. The van der Waals surface area contributed by atoms with Crippen LogP contribution in [0.4, 0.5) is 0 Å². The van der Waals surface area contributed by atoms with Crippen LogP contribution in [-0.4, -0.2) is 12.5 Å². The van der Waals surface area contributed by atoms with Gasteiger partial charge < -0.3 is 11.1 Å². The summed E-state index contributed by atoms with van der Waals surface area (Å²) >= 11 is 5.76. The third kappa shape index (κ3) is 4.32. The van der Waals surface area contributed by atoms with Gasteiger partial charge in [-0.1, -0.05) is 30.7 Å². The maximum atomic E-state index is 10.8. The summed E-state index contributed by atoms with van der Waals surface area (Å²) in [6.45, 7) is 3.12. The standard InChI is InChI=1S/C11H15ClN2O/c1-8(11(13)15)6-14-7-9-2-4-10(12)5-3-9/h2-5,8,14H,6-7H2,1H3,(H2,13,15). The lowest BCUT2D eigenvalue weighted by Gasteiger charge is -2.08. The minimum Gasteiger partial charge on any atom is -0.369 e. The molecule has 0 fully saturated rings. The van der Waals surface area contributed by atoms with Crippen LogP contribution in [0.3, 0.4) is 0 Å². The van der Waals surface area contributed by atoms with Gasteiger partial charge in [-0.3, -0.25) is 4.79 Å². The molecule has 0 spiro atoms. The van der Waals surface area contributed by atoms with Crippen LogP contribution in [0.2, 0.25) is 5.02 Å². The van der Waals surface area contributed by atoms with E-state index < -0.39 is 0 Å². The van der Waals surface area contributed by atoms with Gasteiger partial charge in [0.1, 0.15) is 0 Å². The topological polar surface area (TPSA) is 55.1 Å². The number of hydrogen-bond donors (Lipinski definition) is 2. The molecule has 4 heteroatoms. The largest absolute Gasteiger partial charge is 0.369 e. The fourth-order valence-corrected chi connectivity index (χ4v) is 1.26. The molecule has 1 aromatic rings. The van der Waals surface area contributed by atoms with Crippen molar-refractivity contribution in [1.82, 2.24) is 5.32 Å². The summed E-state index contributed by atoms with van der Waals surface area (Å²) in [5.74, 6) is -0.420. The van der Waals surface area contributed by atoms with Crippen molar-refractivity contribution in [2.45, 2.75) is 13.5 Å². The van der Waals surface area contributed by atoms with E-state index in [2.05, 4.69) is 5.32 Å². The molecule has 0 heterocycles. The van der Waals surface area contributed by atoms with Crippen molar-refractivity contribution in [3.63, 3.8) is 0 Å². The average Bonchev–Trinajstić information content (AvgIpc) is 2.20. The van der Waals surface area contributed by atoms with Crippen LogP contribution in [0.25, 0.3) is 0 Å². The predicted molar refractivity (Wildman–Crippen MR) is 61.5 cm³/mol. The maximum absolute atomic E-state index is 10.8. The molecule has 0 bridgehead atoms. The van der Waals surface area contributed by atoms with Crippen molar-refractivity contribution < 1.29 is 4.79 Å². The molecule has 1 unspecified atom stereocenters. The molecule has 1 amide bonds. The minimum absolute atomic E-state index is 0.141. The molecule has 0 aliphatic carbocycles. The van der Waals surface area contributed by atoms with E-state index in [4.69, 9.17) is 17.3 Å². The molecule has 0 radical (unpaired) electrons. The molecule has 3 nitrogen and oxygen atoms in total. The quantitative estimate of drug-likeness (QED) is 0.801. The first kappa shape index (κ1) is 12.0. The second-order valence-corrected chi connectivity index (χ2v) is 4.00. The lowest BCUT2D eigenvalue weighted by molar-refractivity contribution is -0.121. The van der Waals surface area contributed by atoms with E-state index in [0.29, 0.717) is 6.54 Å². The van der Waals surface area contributed by atoms with Crippen molar-refractivity contribution >= 4 is 17.5 Å². The molecule has 0 aliphatic heterocycles. The van der Waals surface area contributed by atoms with Crippen LogP contribution in [0.5, 0.6) is 0 Å². The Kier molecular flexibility index (Phi) is 4.59. The van der Waals surface area contributed by atoms with Crippen LogP contribution >= 0.6 is 11.6 Å². The van der Waals surface area contributed by atoms with Gasteiger partial charge in [0, 0.05) is 24.0 Å². The average molecular weight is 227 g/mol. The number of carbonyl (C=O) groups is 1. The molecule has 3 N–H and O–H groups in total. The second kappa shape index (κ2) is 5.73. The van der Waals surface area contributed by atoms with Gasteiger partial charge in [0.15, 0.2) is 0 Å². The molecule has 1 atom stereocenters. The van der Waals surface area contributed by atoms with Crippen molar-refractivity contribution in [3.8, 4) is 0 Å². The molecule has 0 aromatic heterocycles. The normalized spacial score (nSPS) is 12.4. The van der Waals surface area contributed by atoms with Crippen LogP contribution < -0.4 is 11.1 Å². The first-order chi connectivity index (χ1) is 7.09. The van der Waals surface area contributed by atoms with E-state index >= 15 is 0 Å². The van der Waals surface area contributed by atoms with Gasteiger partial charge in [-0.25, -0.2) is 0 Å². The number of nitrogens with one attached hydrogen (secondary N) is 1. The highest BCUT2D eigenvalue weighted by Gasteiger charge is 2.06. The van der Waals surface area contributed by atoms with Crippen LogP contribution in [-0.2, 0) is 11.3 Å². The van der Waals surface area contributed by atoms with Gasteiger partial charge in [-0.2, -0.15) is 0 Å². The predicted octanol–water partition coefficient (Wildman–Crippen LogP) is 1.55. The molecule has 0 saturated heterocycles. The molecule has 15 heavy (non-hydrogen) atoms. The number of amides is 1. The summed E-state index contributed by atoms with van der Waals surface area (Å²) in [5, 5.41) is 3.88. The van der Waals surface area contributed by atoms with Crippen LogP contribution in [0, 0.1) is 5.92 Å². The maximum Gasteiger partial charge on any atom is 0.221 e. The summed E-state index contributed by atoms with van der Waals surface area (Å²) in [7, 11) is 0. The lowest BCUT2D eigenvalue weighted by Crippen LogP contribution is -2.30. The highest BCUT2D eigenvalue weighted by molar-refractivity contribution is 6.30. The Labute approximate surface area is 94.6 Å². The molecule has 82 valence electrons. The number of primary amides is 1. The summed E-state index contributed by atoms with van der Waals surface area (Å²) in [6.07, 6.45) is 0. The van der Waals surface area contributed by atoms with E-state index in [-0.39, 0.29) is 11.8 Å². The van der Waals surface area contributed by atoms with Crippen molar-refractivity contribution in [3.05, 3.63) is 34.9 Å². The van der Waals surface area contributed by atoms with E-state index in [9.17, 15) is 4.79 Å². The fourth-order valence-electron chi connectivity index (χ4n) is 1.14. The Balaban J connectivity index is 2.32. The number of benzene rings is 1. The third-order valence-corrected chi connectivity index (χ3v) is 2.43. The van der Waals surface area contributed by atoms with E-state index in [0.717, 1.165) is 17.1 Å². The minimum atomic E-state index is -0.279. The van der Waals surface area contributed by atoms with Crippen LogP contribution in [0.1, 0.15) is 12.5 Å². The molecular weight excluding hydrogens is 212 g/mol. The molecule has 1 rings (SSSR count). The van der Waals surface area contributed by atoms with E-state index in [1.54, 1.807) is 6.92 Å². The van der Waals surface area contributed by atoms with Crippen LogP contribution in [0.15, 0.2) is 24.3 Å². The Morgan fingerprint density at radius 1 is 1.47 bits per heavy atom. The summed E-state index contributed by atoms with van der Waals surface area (Å²) in [6, 6.07) is 7.58. The van der Waals surface area contributed by atoms with E-state index in [1.165, 1.54) is 0 Å². The fraction of sp³-hybridized carbons (Fsp3) is 0.364. The van der Waals surface area contributed by atoms with Gasteiger partial charge in [-0.15, -0.1) is 0 Å². The zero-order valence-corrected chi connectivity index (χ0v) is 9.42. The van der Waals surface area contributed by atoms with Gasteiger partial charge in [0.05, 0.1) is 0 Å². The highest BCUT2D eigenvalue weighted by atomic mass is 35.5. The van der Waals surface area contributed by atoms with Crippen molar-refractivity contribution in [2.75, 3.05) is 6.54 Å². The summed E-state index contributed by atoms with van der Waals surface area (Å²) in [4.78, 5) is 10.8. The summed E-state index contributed by atoms with van der Waals surface area (Å²) in [5.41, 5.74) is 6.27. The molecule has 0 aliphatic rings. The Morgan fingerprint density at radius 3 is 2.60 bits per heavy atom. The zero-order chi connectivity index (χ0) is 11.3. The van der Waals surface area contributed by atoms with Crippen molar-refractivity contribution in [2.24, 2.45) is 11.7 Å². The third-order valence-electron chi connectivity index (χ3n) is 2.18. The first-order valence-electron chi connectivity index (χ1n) is 4.84. The smallest absolute Gasteiger partial charge is 0.221 e.